The molecule has 3 heterocycles. The van der Waals surface area contributed by atoms with E-state index < -0.39 is 5.91 Å². The molecule has 1 aromatic carbocycles. The Morgan fingerprint density at radius 1 is 1.21 bits per heavy atom. The Kier molecular flexibility index (Phi) is 5.12. The monoisotopic (exact) mass is 393 g/mol. The fraction of sp³-hybridized carbons (Fsp3) is 0.200. The quantitative estimate of drug-likeness (QED) is 0.648. The highest BCUT2D eigenvalue weighted by Gasteiger charge is 2.25. The van der Waals surface area contributed by atoms with Crippen LogP contribution in [0.1, 0.15) is 37.5 Å². The maximum Gasteiger partial charge on any atom is 0.256 e. The molecule has 2 aromatic heterocycles. The summed E-state index contributed by atoms with van der Waals surface area (Å²) < 4.78 is 0. The molecule has 0 saturated heterocycles. The number of hydrogen-bond acceptors (Lipinski definition) is 5. The second-order valence-corrected chi connectivity index (χ2v) is 7.52. The van der Waals surface area contributed by atoms with E-state index in [4.69, 9.17) is 5.73 Å². The van der Waals surface area contributed by atoms with Gasteiger partial charge >= 0.3 is 0 Å². The molecule has 0 fully saturated rings. The Hall–Kier alpha value is -3.13. The minimum absolute atomic E-state index is 0.0217. The minimum atomic E-state index is -0.445. The number of carbonyl (C=O) groups is 2. The number of thioether (sulfide) groups is 1. The highest BCUT2D eigenvalue weighted by Crippen LogP contribution is 2.27. The van der Waals surface area contributed by atoms with Crippen molar-refractivity contribution in [2.75, 3.05) is 6.54 Å². The van der Waals surface area contributed by atoms with E-state index in [1.165, 1.54) is 11.8 Å². The summed E-state index contributed by atoms with van der Waals surface area (Å²) in [6.45, 7) is 1.21. The molecule has 3 N–H and O–H groups in total. The SMILES string of the molecule is NC(=O)c1ccc(CSc2ncccc2C(=O)N2CCc3[nH]ncc3C2)cc1. The first kappa shape index (κ1) is 18.2. The molecule has 142 valence electrons. The summed E-state index contributed by atoms with van der Waals surface area (Å²) in [6, 6.07) is 10.7. The van der Waals surface area contributed by atoms with Crippen molar-refractivity contribution in [3.8, 4) is 0 Å². The van der Waals surface area contributed by atoms with E-state index in [9.17, 15) is 9.59 Å². The average Bonchev–Trinajstić information content (AvgIpc) is 3.20. The van der Waals surface area contributed by atoms with Gasteiger partial charge in [0, 0.05) is 48.3 Å². The second kappa shape index (κ2) is 7.85. The molecular formula is C20H19N5O2S. The van der Waals surface area contributed by atoms with Crippen molar-refractivity contribution < 1.29 is 9.59 Å². The van der Waals surface area contributed by atoms with Gasteiger partial charge in [-0.25, -0.2) is 4.98 Å². The van der Waals surface area contributed by atoms with Gasteiger partial charge in [0.2, 0.25) is 5.91 Å². The number of benzene rings is 1. The average molecular weight is 393 g/mol. The third-order valence-corrected chi connectivity index (χ3v) is 5.78. The number of carbonyl (C=O) groups excluding carboxylic acids is 2. The summed E-state index contributed by atoms with van der Waals surface area (Å²) in [5.74, 6) is 0.174. The number of pyridine rings is 1. The molecule has 0 spiro atoms. The smallest absolute Gasteiger partial charge is 0.256 e. The Morgan fingerprint density at radius 3 is 2.82 bits per heavy atom. The number of H-pyrrole nitrogens is 1. The van der Waals surface area contributed by atoms with Crippen LogP contribution in [0.4, 0.5) is 0 Å². The fourth-order valence-electron chi connectivity index (χ4n) is 3.15. The van der Waals surface area contributed by atoms with Gasteiger partial charge in [0.25, 0.3) is 5.91 Å². The molecule has 0 unspecified atom stereocenters. The van der Waals surface area contributed by atoms with Crippen LogP contribution >= 0.6 is 11.8 Å². The first-order valence-electron chi connectivity index (χ1n) is 8.89. The van der Waals surface area contributed by atoms with E-state index in [1.807, 2.05) is 23.1 Å². The molecule has 0 saturated carbocycles. The summed E-state index contributed by atoms with van der Waals surface area (Å²) >= 11 is 1.50. The van der Waals surface area contributed by atoms with Gasteiger partial charge in [-0.15, -0.1) is 11.8 Å². The number of primary amides is 1. The van der Waals surface area contributed by atoms with Crippen LogP contribution in [-0.4, -0.2) is 38.4 Å². The molecule has 8 heteroatoms. The van der Waals surface area contributed by atoms with Crippen LogP contribution < -0.4 is 5.73 Å². The lowest BCUT2D eigenvalue weighted by atomic mass is 10.1. The van der Waals surface area contributed by atoms with Gasteiger partial charge in [0.05, 0.1) is 11.8 Å². The van der Waals surface area contributed by atoms with Crippen LogP contribution in [0.25, 0.3) is 0 Å². The third-order valence-electron chi connectivity index (χ3n) is 4.70. The summed E-state index contributed by atoms with van der Waals surface area (Å²) in [5.41, 5.74) is 9.55. The van der Waals surface area contributed by atoms with Crippen LogP contribution in [0.15, 0.2) is 53.8 Å². The Labute approximate surface area is 166 Å². The van der Waals surface area contributed by atoms with Gasteiger partial charge in [-0.05, 0) is 29.8 Å². The van der Waals surface area contributed by atoms with Crippen molar-refractivity contribution in [3.05, 3.63) is 76.7 Å². The predicted molar refractivity (Wildman–Crippen MR) is 106 cm³/mol. The number of nitrogens with one attached hydrogen (secondary N) is 1. The van der Waals surface area contributed by atoms with Gasteiger partial charge in [-0.2, -0.15) is 5.10 Å². The highest BCUT2D eigenvalue weighted by molar-refractivity contribution is 7.98. The summed E-state index contributed by atoms with van der Waals surface area (Å²) in [5, 5.41) is 7.74. The van der Waals surface area contributed by atoms with Crippen molar-refractivity contribution >= 4 is 23.6 Å². The van der Waals surface area contributed by atoms with Crippen molar-refractivity contribution in [1.29, 1.82) is 0 Å². The number of rotatable bonds is 5. The lowest BCUT2D eigenvalue weighted by Gasteiger charge is -2.27. The molecule has 3 aromatic rings. The molecule has 0 bridgehead atoms. The van der Waals surface area contributed by atoms with E-state index in [0.717, 1.165) is 23.2 Å². The standard InChI is InChI=1S/C20H19N5O2S/c21-18(26)14-5-3-13(4-6-14)12-28-19-16(2-1-8-22-19)20(27)25-9-7-17-15(11-25)10-23-24-17/h1-6,8,10H,7,9,11-12H2,(H2,21,26)(H,23,24). The first-order valence-corrected chi connectivity index (χ1v) is 9.87. The molecule has 2 amide bonds. The van der Waals surface area contributed by atoms with E-state index >= 15 is 0 Å². The number of hydrogen-bond donors (Lipinski definition) is 2. The summed E-state index contributed by atoms with van der Waals surface area (Å²) in [4.78, 5) is 30.5. The fourth-order valence-corrected chi connectivity index (χ4v) is 4.09. The summed E-state index contributed by atoms with van der Waals surface area (Å²) in [7, 11) is 0. The van der Waals surface area contributed by atoms with Crippen LogP contribution in [0.2, 0.25) is 0 Å². The maximum absolute atomic E-state index is 13.1. The zero-order valence-electron chi connectivity index (χ0n) is 15.1. The van der Waals surface area contributed by atoms with Crippen LogP contribution in [0.3, 0.4) is 0 Å². The largest absolute Gasteiger partial charge is 0.366 e. The molecule has 0 atom stereocenters. The van der Waals surface area contributed by atoms with Gasteiger partial charge in [-0.1, -0.05) is 12.1 Å². The van der Waals surface area contributed by atoms with E-state index in [1.54, 1.807) is 30.6 Å². The van der Waals surface area contributed by atoms with E-state index in [2.05, 4.69) is 15.2 Å². The number of nitrogens with two attached hydrogens (primary N) is 1. The van der Waals surface area contributed by atoms with E-state index in [-0.39, 0.29) is 5.91 Å². The lowest BCUT2D eigenvalue weighted by molar-refractivity contribution is 0.0729. The highest BCUT2D eigenvalue weighted by atomic mass is 32.2. The van der Waals surface area contributed by atoms with Crippen LogP contribution in [0.5, 0.6) is 0 Å². The Bertz CT molecular complexity index is 1020. The van der Waals surface area contributed by atoms with Gasteiger partial charge in [0.15, 0.2) is 0 Å². The molecule has 28 heavy (non-hydrogen) atoms. The molecule has 4 rings (SSSR count). The third kappa shape index (κ3) is 3.77. The molecule has 0 aliphatic carbocycles. The van der Waals surface area contributed by atoms with Crippen molar-refractivity contribution in [1.82, 2.24) is 20.1 Å². The first-order chi connectivity index (χ1) is 13.6. The minimum Gasteiger partial charge on any atom is -0.366 e. The zero-order chi connectivity index (χ0) is 19.5. The number of amides is 2. The van der Waals surface area contributed by atoms with Crippen molar-refractivity contribution in [2.24, 2.45) is 5.73 Å². The van der Waals surface area contributed by atoms with Gasteiger partial charge in [-0.3, -0.25) is 14.7 Å². The van der Waals surface area contributed by atoms with E-state index in [0.29, 0.717) is 35.0 Å². The lowest BCUT2D eigenvalue weighted by Crippen LogP contribution is -2.36. The molecular weight excluding hydrogens is 374 g/mol. The maximum atomic E-state index is 13.1. The van der Waals surface area contributed by atoms with Crippen LogP contribution in [0, 0.1) is 0 Å². The molecule has 0 radical (unpaired) electrons. The number of fused-ring (bicyclic) bond motifs is 1. The Morgan fingerprint density at radius 2 is 2.04 bits per heavy atom. The van der Waals surface area contributed by atoms with Crippen molar-refractivity contribution in [3.63, 3.8) is 0 Å². The molecule has 1 aliphatic rings. The van der Waals surface area contributed by atoms with Gasteiger partial charge in [0.1, 0.15) is 5.03 Å². The normalized spacial score (nSPS) is 13.2. The molecule has 7 nitrogen and oxygen atoms in total. The van der Waals surface area contributed by atoms with Crippen LogP contribution in [-0.2, 0) is 18.7 Å². The second-order valence-electron chi connectivity index (χ2n) is 6.56. The topological polar surface area (TPSA) is 105 Å². The van der Waals surface area contributed by atoms with Gasteiger partial charge < -0.3 is 10.6 Å². The number of aromatic nitrogens is 3. The number of nitrogens with zero attached hydrogens (tertiary/aromatic N) is 3. The Balaban J connectivity index is 1.47. The number of aromatic amines is 1. The molecule has 1 aliphatic heterocycles. The summed E-state index contributed by atoms with van der Waals surface area (Å²) in [6.07, 6.45) is 4.25. The zero-order valence-corrected chi connectivity index (χ0v) is 15.9. The van der Waals surface area contributed by atoms with Crippen molar-refractivity contribution in [2.45, 2.75) is 23.7 Å². The predicted octanol–water partition coefficient (Wildman–Crippen LogP) is 2.39.